The van der Waals surface area contributed by atoms with Gasteiger partial charge in [-0.15, -0.1) is 5.10 Å². The van der Waals surface area contributed by atoms with Crippen LogP contribution in [-0.2, 0) is 105 Å². The fourth-order valence-corrected chi connectivity index (χ4v) is 16.9. The molecule has 2 amide bonds. The molecule has 16 atom stereocenters. The van der Waals surface area contributed by atoms with E-state index in [0.29, 0.717) is 215 Å². The smallest absolute Gasteiger partial charge is 0.329 e. The molecule has 674 valence electrons. The summed E-state index contributed by atoms with van der Waals surface area (Å²) >= 11 is 0. The molecule has 1 aromatic carbocycles. The van der Waals surface area contributed by atoms with Crippen LogP contribution in [0.5, 0.6) is 0 Å². The van der Waals surface area contributed by atoms with Crippen LogP contribution in [0.15, 0.2) is 82.7 Å². The first-order chi connectivity index (χ1) is 58.9. The Morgan fingerprint density at radius 3 is 2.18 bits per heavy atom. The highest BCUT2D eigenvalue weighted by atomic mass is 16.6. The van der Waals surface area contributed by atoms with Crippen molar-refractivity contribution in [1.82, 2.24) is 49.5 Å². The molecule has 4 aromatic heterocycles. The molecule has 8 heterocycles. The molecule has 5 aromatic rings. The monoisotopic (exact) mass is 1710 g/mol. The minimum absolute atomic E-state index is 0.0148. The van der Waals surface area contributed by atoms with Crippen LogP contribution in [0, 0.1) is 35.5 Å². The highest BCUT2D eigenvalue weighted by Gasteiger charge is 2.53. The highest BCUT2D eigenvalue weighted by Crippen LogP contribution is 2.39. The van der Waals surface area contributed by atoms with Crippen LogP contribution in [0.4, 0.5) is 11.8 Å². The number of fused-ring (bicyclic) bond motifs is 5. The maximum Gasteiger partial charge on any atom is 0.329 e. The molecule has 2 bridgehead atoms. The SMILES string of the molecule is COC1C[C@@H]2CC[C@@H](C)[C@@](O)(O2)C(=O)C(=O)N2CCCCC2C(=O)O[C@H]([C@H](N)CC2CCC(OCCCCc3cn(CCOCCOCCOCCOCCOCCOCCC(=O)N4CCC(Cn5nc(-c6ccc7oc(N)nc7c6)c6c(N)ncnc65)C4)nn3)[C@H](OC)C2)CC(=O)C(C)/C=C(\C)C(O)[C@@H](OC)C(=O)C(C)CC(C)/C=C/C=CC=C1C. The van der Waals surface area contributed by atoms with Crippen LogP contribution in [0.3, 0.4) is 0 Å². The van der Waals surface area contributed by atoms with Crippen molar-refractivity contribution in [2.75, 3.05) is 138 Å². The molecule has 34 nitrogen and oxygen atoms in total. The molecule has 8 N–H and O–H groups in total. The molecule has 5 aliphatic rings. The van der Waals surface area contributed by atoms with Gasteiger partial charge < -0.3 is 98.5 Å². The number of nitrogens with zero attached hydrogens (tertiary/aromatic N) is 10. The Hall–Kier alpha value is -8.20. The largest absolute Gasteiger partial charge is 0.459 e. The zero-order valence-electron chi connectivity index (χ0n) is 72.6. The first-order valence-electron chi connectivity index (χ1n) is 43.5. The number of unbranched alkanes of at least 4 members (excludes halogenated alkanes) is 1. The number of benzene rings is 1. The van der Waals surface area contributed by atoms with Crippen molar-refractivity contribution in [3.63, 3.8) is 0 Å². The van der Waals surface area contributed by atoms with Crippen LogP contribution < -0.4 is 17.2 Å². The van der Waals surface area contributed by atoms with Crippen molar-refractivity contribution in [2.45, 2.75) is 224 Å². The first kappa shape index (κ1) is 96.0. The number of aryl methyl sites for hydroxylation is 1. The summed E-state index contributed by atoms with van der Waals surface area (Å²) in [6, 6.07) is 3.50. The number of carbonyl (C=O) groups is 6. The molecule has 3 saturated heterocycles. The topological polar surface area (TPSA) is 439 Å². The number of likely N-dealkylation sites (tertiary alicyclic amines) is 1. The van der Waals surface area contributed by atoms with Gasteiger partial charge in [-0.3, -0.25) is 24.0 Å². The number of piperidine rings is 1. The van der Waals surface area contributed by atoms with Gasteiger partial charge >= 0.3 is 5.97 Å². The number of allylic oxidation sites excluding steroid dienone is 6. The van der Waals surface area contributed by atoms with E-state index in [-0.39, 0.29) is 85.7 Å². The van der Waals surface area contributed by atoms with E-state index in [9.17, 15) is 39.0 Å². The van der Waals surface area contributed by atoms with Crippen molar-refractivity contribution in [3.05, 3.63) is 84.0 Å². The number of anilines is 2. The van der Waals surface area contributed by atoms with E-state index >= 15 is 0 Å². The number of nitrogen functional groups attached to an aromatic ring is 2. The molecule has 4 fully saturated rings. The maximum absolute atomic E-state index is 14.7. The normalized spacial score (nSPS) is 27.8. The number of oxazole rings is 1. The second-order valence-electron chi connectivity index (χ2n) is 33.2. The van der Waals surface area contributed by atoms with Crippen molar-refractivity contribution in [2.24, 2.45) is 41.2 Å². The lowest BCUT2D eigenvalue weighted by Gasteiger charge is -2.42. The Kier molecular flexibility index (Phi) is 38.0. The van der Waals surface area contributed by atoms with Crippen LogP contribution in [0.1, 0.15) is 150 Å². The van der Waals surface area contributed by atoms with Crippen molar-refractivity contribution >= 4 is 69.1 Å². The number of aliphatic hydroxyl groups is 2. The van der Waals surface area contributed by atoms with Gasteiger partial charge in [0.2, 0.25) is 11.7 Å². The minimum Gasteiger partial charge on any atom is -0.459 e. The summed E-state index contributed by atoms with van der Waals surface area (Å²) in [5.74, 6) is -7.75. The number of cyclic esters (lactones) is 1. The Balaban J connectivity index is 0.579. The predicted octanol–water partition coefficient (Wildman–Crippen LogP) is 7.66. The molecule has 1 saturated carbocycles. The van der Waals surface area contributed by atoms with E-state index in [1.807, 2.05) is 72.1 Å². The highest BCUT2D eigenvalue weighted by molar-refractivity contribution is 6.39. The molecular formula is C88H131N13O21. The van der Waals surface area contributed by atoms with Gasteiger partial charge in [-0.2, -0.15) is 10.1 Å². The zero-order valence-corrected chi connectivity index (χ0v) is 72.6. The number of methoxy groups -OCH3 is 3. The Labute approximate surface area is 714 Å². The fraction of sp³-hybridized carbons (Fsp3) is 0.682. The Bertz CT molecular complexity index is 4300. The predicted molar refractivity (Wildman–Crippen MR) is 452 cm³/mol. The standard InChI is InChI=1S/C88H131N13O21/c1-56-17-11-10-12-18-57(2)73(110-7)50-66-24-21-61(6)88(109,122-66)82(106)85(107)100-29-15-13-20-69(100)86(108)120-74(51-70(102)58(3)46-60(5)80(105)81(112-9)79(104)59(4)45-56)67(89)47-62-22-25-72(75(48-62)111-8)119-32-16-14-19-65-54-99(97-95-65)31-34-114-36-38-116-40-42-118-44-43-117-41-39-115-37-35-113-33-28-76(103)98-30-27-63(52-98)53-101-84-77(83(90)92-55-93-84)78(96-101)64-23-26-71-68(49-64)94-87(91)121-71/h10-12,17-18,23,26,46,49,54-56,58-59,61-63,66-67,69,72-75,80-81,105,109H,13-16,19-22,24-25,27-45,47-48,50-53,89H2,1-9H3,(H2,91,94)(H2,90,92,93)/b12-10?,17-11+,57-18?,60-46+/t56?,58?,59?,61-,62?,63?,66+,67-,69?,72?,73?,74+,75-,80?,81+,88-/m1/s1. The fourth-order valence-electron chi connectivity index (χ4n) is 16.9. The number of aliphatic hydroxyl groups excluding tert-OH is 1. The number of aromatic nitrogens is 8. The molecule has 34 heteroatoms. The molecule has 0 spiro atoms. The summed E-state index contributed by atoms with van der Waals surface area (Å²) in [6.45, 7) is 18.4. The van der Waals surface area contributed by atoms with Crippen LogP contribution in [-0.4, -0.2) is 282 Å². The molecule has 0 radical (unpaired) electrons. The van der Waals surface area contributed by atoms with Crippen LogP contribution in [0.2, 0.25) is 0 Å². The zero-order chi connectivity index (χ0) is 87.2. The lowest BCUT2D eigenvalue weighted by Crippen LogP contribution is -2.61. The third kappa shape index (κ3) is 27.4. The summed E-state index contributed by atoms with van der Waals surface area (Å²) in [5, 5.41) is 38.0. The number of carbonyl (C=O) groups excluding carboxylic acids is 6. The third-order valence-electron chi connectivity index (χ3n) is 24.0. The number of ketones is 3. The Morgan fingerprint density at radius 1 is 0.746 bits per heavy atom. The third-order valence-corrected chi connectivity index (χ3v) is 24.0. The lowest BCUT2D eigenvalue weighted by atomic mass is 9.80. The summed E-state index contributed by atoms with van der Waals surface area (Å²) < 4.78 is 79.7. The Morgan fingerprint density at radius 2 is 1.47 bits per heavy atom. The van der Waals surface area contributed by atoms with Crippen LogP contribution in [0.25, 0.3) is 33.4 Å². The van der Waals surface area contributed by atoms with Crippen molar-refractivity contribution < 1.29 is 100 Å². The number of hydrogen-bond acceptors (Lipinski definition) is 30. The van der Waals surface area contributed by atoms with Gasteiger partial charge in [0, 0.05) is 103 Å². The maximum atomic E-state index is 14.7. The molecule has 122 heavy (non-hydrogen) atoms. The number of Topliss-reactive ketones (excluding diaryl/α,β-unsaturated/α-hetero) is 3. The summed E-state index contributed by atoms with van der Waals surface area (Å²) in [5.41, 5.74) is 24.5. The molecular weight excluding hydrogens is 1580 g/mol. The summed E-state index contributed by atoms with van der Waals surface area (Å²) in [4.78, 5) is 101. The second-order valence-corrected chi connectivity index (χ2v) is 33.2. The number of nitrogens with two attached hydrogens (primary N) is 3. The average Bonchev–Trinajstić information content (AvgIpc) is 1.59. The van der Waals surface area contributed by atoms with Gasteiger partial charge in [0.05, 0.1) is 128 Å². The van der Waals surface area contributed by atoms with Gasteiger partial charge in [-0.25, -0.2) is 24.1 Å². The van der Waals surface area contributed by atoms with Gasteiger partial charge in [0.15, 0.2) is 17.0 Å². The van der Waals surface area contributed by atoms with Gasteiger partial charge in [0.25, 0.3) is 17.7 Å². The summed E-state index contributed by atoms with van der Waals surface area (Å²) in [6.07, 6.45) is 17.4. The number of rotatable bonds is 36. The van der Waals surface area contributed by atoms with E-state index in [4.69, 9.17) is 83.6 Å². The van der Waals surface area contributed by atoms with E-state index < -0.39 is 83.8 Å². The number of esters is 1. The van der Waals surface area contributed by atoms with Gasteiger partial charge in [0.1, 0.15) is 53.5 Å². The number of hydrogen-bond donors (Lipinski definition) is 5. The summed E-state index contributed by atoms with van der Waals surface area (Å²) in [7, 11) is 4.59. The number of ether oxygens (including phenoxy) is 12. The van der Waals surface area contributed by atoms with Crippen LogP contribution >= 0.6 is 0 Å². The van der Waals surface area contributed by atoms with Crippen molar-refractivity contribution in [1.29, 1.82) is 0 Å². The second kappa shape index (κ2) is 48.3. The number of amides is 2. The van der Waals surface area contributed by atoms with Crippen molar-refractivity contribution in [3.8, 4) is 11.3 Å². The molecule has 10 rings (SSSR count). The van der Waals surface area contributed by atoms with Gasteiger partial charge in [-0.05, 0) is 151 Å². The lowest BCUT2D eigenvalue weighted by molar-refractivity contribution is -0.265. The molecule has 1 aliphatic carbocycles. The van der Waals surface area contributed by atoms with Gasteiger partial charge in [-0.1, -0.05) is 69.4 Å². The molecule has 9 unspecified atom stereocenters. The van der Waals surface area contributed by atoms with E-state index in [0.717, 1.165) is 41.0 Å². The average molecular weight is 1710 g/mol. The minimum atomic E-state index is -2.48. The van der Waals surface area contributed by atoms with E-state index in [1.54, 1.807) is 58.7 Å². The quantitative estimate of drug-likeness (QED) is 0.0111. The van der Waals surface area contributed by atoms with E-state index in [1.165, 1.54) is 13.4 Å². The molecule has 4 aliphatic heterocycles. The van der Waals surface area contributed by atoms with E-state index in [2.05, 4.69) is 25.3 Å². The first-order valence-corrected chi connectivity index (χ1v) is 43.5.